The zero-order chi connectivity index (χ0) is 14.3. The summed E-state index contributed by atoms with van der Waals surface area (Å²) in [6.07, 6.45) is -0.908. The van der Waals surface area contributed by atoms with Crippen LogP contribution >= 0.6 is 0 Å². The van der Waals surface area contributed by atoms with Crippen LogP contribution in [0.4, 0.5) is 5.69 Å². The number of aliphatic hydroxyl groups is 2. The Morgan fingerprint density at radius 2 is 2.11 bits per heavy atom. The van der Waals surface area contributed by atoms with E-state index in [1.165, 1.54) is 0 Å². The molecule has 1 aromatic rings. The highest BCUT2D eigenvalue weighted by atomic mass is 32.2. The molecule has 0 aliphatic carbocycles. The third kappa shape index (κ3) is 6.42. The third-order valence-corrected chi connectivity index (χ3v) is 4.19. The van der Waals surface area contributed by atoms with E-state index in [1.54, 1.807) is 24.3 Å². The van der Waals surface area contributed by atoms with Gasteiger partial charge in [0.15, 0.2) is 9.84 Å². The molecular weight excluding hydrogens is 270 g/mol. The van der Waals surface area contributed by atoms with Gasteiger partial charge in [0.1, 0.15) is 5.75 Å². The average molecular weight is 289 g/mol. The van der Waals surface area contributed by atoms with Crippen molar-refractivity contribution in [3.63, 3.8) is 0 Å². The summed E-state index contributed by atoms with van der Waals surface area (Å²) < 4.78 is 28.4. The molecule has 6 nitrogen and oxygen atoms in total. The van der Waals surface area contributed by atoms with Crippen molar-refractivity contribution in [2.24, 2.45) is 0 Å². The van der Waals surface area contributed by atoms with E-state index in [4.69, 9.17) is 20.7 Å². The van der Waals surface area contributed by atoms with E-state index in [1.807, 2.05) is 0 Å². The van der Waals surface area contributed by atoms with Crippen LogP contribution in [0.1, 0.15) is 6.42 Å². The SMILES string of the molecule is Nc1cccc(OCCCS(=O)(=O)CC(O)CO)c1. The van der Waals surface area contributed by atoms with Gasteiger partial charge in [-0.05, 0) is 18.6 Å². The zero-order valence-electron chi connectivity index (χ0n) is 10.5. The maximum absolute atomic E-state index is 11.5. The number of aliphatic hydroxyl groups excluding tert-OH is 2. The molecule has 0 saturated heterocycles. The van der Waals surface area contributed by atoms with Crippen molar-refractivity contribution in [1.82, 2.24) is 0 Å². The quantitative estimate of drug-likeness (QED) is 0.452. The summed E-state index contributed by atoms with van der Waals surface area (Å²) in [5, 5.41) is 17.7. The summed E-state index contributed by atoms with van der Waals surface area (Å²) in [6, 6.07) is 6.87. The van der Waals surface area contributed by atoms with E-state index >= 15 is 0 Å². The Balaban J connectivity index is 2.31. The Morgan fingerprint density at radius 1 is 1.37 bits per heavy atom. The van der Waals surface area contributed by atoms with Crippen molar-refractivity contribution in [1.29, 1.82) is 0 Å². The summed E-state index contributed by atoms with van der Waals surface area (Å²) in [6.45, 7) is -0.309. The first kappa shape index (κ1) is 15.7. The van der Waals surface area contributed by atoms with Crippen LogP contribution in [-0.2, 0) is 9.84 Å². The molecule has 0 aliphatic heterocycles. The fraction of sp³-hybridized carbons (Fsp3) is 0.500. The molecule has 108 valence electrons. The minimum absolute atomic E-state index is 0.0909. The van der Waals surface area contributed by atoms with Gasteiger partial charge in [0.25, 0.3) is 0 Å². The predicted molar refractivity (Wildman–Crippen MR) is 72.7 cm³/mol. The van der Waals surface area contributed by atoms with Crippen LogP contribution in [0.25, 0.3) is 0 Å². The van der Waals surface area contributed by atoms with Crippen LogP contribution in [-0.4, -0.2) is 49.5 Å². The van der Waals surface area contributed by atoms with Gasteiger partial charge in [-0.15, -0.1) is 0 Å². The van der Waals surface area contributed by atoms with Crippen molar-refractivity contribution in [3.8, 4) is 5.75 Å². The number of hydrogen-bond donors (Lipinski definition) is 3. The predicted octanol–water partition coefficient (Wildman–Crippen LogP) is -0.194. The molecule has 0 aromatic heterocycles. The van der Waals surface area contributed by atoms with Crippen molar-refractivity contribution >= 4 is 15.5 Å². The molecule has 0 spiro atoms. The van der Waals surface area contributed by atoms with Gasteiger partial charge in [-0.2, -0.15) is 0 Å². The summed E-state index contributed by atoms with van der Waals surface area (Å²) in [5.41, 5.74) is 6.15. The first-order chi connectivity index (χ1) is 8.93. The van der Waals surface area contributed by atoms with Crippen molar-refractivity contribution < 1.29 is 23.4 Å². The second-order valence-corrected chi connectivity index (χ2v) is 6.45. The number of hydrogen-bond acceptors (Lipinski definition) is 6. The van der Waals surface area contributed by atoms with Crippen LogP contribution < -0.4 is 10.5 Å². The van der Waals surface area contributed by atoms with Gasteiger partial charge in [-0.1, -0.05) is 6.07 Å². The minimum atomic E-state index is -3.37. The highest BCUT2D eigenvalue weighted by Crippen LogP contribution is 2.14. The fourth-order valence-electron chi connectivity index (χ4n) is 1.50. The number of sulfone groups is 1. The number of nitrogen functional groups attached to an aromatic ring is 1. The van der Waals surface area contributed by atoms with Crippen LogP contribution in [0.2, 0.25) is 0 Å². The van der Waals surface area contributed by atoms with E-state index in [0.29, 0.717) is 17.9 Å². The number of anilines is 1. The van der Waals surface area contributed by atoms with Gasteiger partial charge < -0.3 is 20.7 Å². The molecule has 1 unspecified atom stereocenters. The van der Waals surface area contributed by atoms with Gasteiger partial charge in [0.05, 0.1) is 30.8 Å². The highest BCUT2D eigenvalue weighted by molar-refractivity contribution is 7.91. The lowest BCUT2D eigenvalue weighted by atomic mass is 10.3. The van der Waals surface area contributed by atoms with Gasteiger partial charge in [0.2, 0.25) is 0 Å². The summed E-state index contributed by atoms with van der Waals surface area (Å²) >= 11 is 0. The molecule has 0 aliphatic rings. The first-order valence-electron chi connectivity index (χ1n) is 5.90. The van der Waals surface area contributed by atoms with E-state index in [2.05, 4.69) is 0 Å². The molecule has 7 heteroatoms. The van der Waals surface area contributed by atoms with Crippen molar-refractivity contribution in [2.75, 3.05) is 30.5 Å². The second kappa shape index (κ2) is 7.32. The Bertz CT molecular complexity index is 489. The van der Waals surface area contributed by atoms with E-state index in [0.717, 1.165) is 0 Å². The lowest BCUT2D eigenvalue weighted by Gasteiger charge is -2.09. The monoisotopic (exact) mass is 289 g/mol. The van der Waals surface area contributed by atoms with Crippen molar-refractivity contribution in [3.05, 3.63) is 24.3 Å². The van der Waals surface area contributed by atoms with Crippen molar-refractivity contribution in [2.45, 2.75) is 12.5 Å². The molecule has 1 atom stereocenters. The molecule has 4 N–H and O–H groups in total. The maximum atomic E-state index is 11.5. The standard InChI is InChI=1S/C12H19NO5S/c13-10-3-1-4-12(7-10)18-5-2-6-19(16,17)9-11(15)8-14/h1,3-4,7,11,14-15H,2,5-6,8-9,13H2. The van der Waals surface area contributed by atoms with Gasteiger partial charge in [-0.25, -0.2) is 8.42 Å². The second-order valence-electron chi connectivity index (χ2n) is 4.23. The van der Waals surface area contributed by atoms with Gasteiger partial charge in [-0.3, -0.25) is 0 Å². The number of rotatable bonds is 8. The lowest BCUT2D eigenvalue weighted by molar-refractivity contribution is 0.112. The normalized spacial score (nSPS) is 13.2. The van der Waals surface area contributed by atoms with Crippen LogP contribution in [0.3, 0.4) is 0 Å². The molecule has 0 heterocycles. The Morgan fingerprint density at radius 3 is 2.74 bits per heavy atom. The molecule has 1 aromatic carbocycles. The van der Waals surface area contributed by atoms with E-state index in [-0.39, 0.29) is 12.4 Å². The van der Waals surface area contributed by atoms with Crippen LogP contribution in [0.15, 0.2) is 24.3 Å². The Hall–Kier alpha value is -1.31. The van der Waals surface area contributed by atoms with Gasteiger partial charge in [0, 0.05) is 11.8 Å². The molecular formula is C12H19NO5S. The largest absolute Gasteiger partial charge is 0.493 e. The number of ether oxygens (including phenoxy) is 1. The highest BCUT2D eigenvalue weighted by Gasteiger charge is 2.16. The Labute approximate surface area is 112 Å². The summed E-state index contributed by atoms with van der Waals surface area (Å²) in [5.74, 6) is 0.0709. The zero-order valence-corrected chi connectivity index (χ0v) is 11.3. The molecule has 1 rings (SSSR count). The molecule has 0 radical (unpaired) electrons. The fourth-order valence-corrected chi connectivity index (χ4v) is 2.92. The molecule has 0 bridgehead atoms. The summed E-state index contributed by atoms with van der Waals surface area (Å²) in [7, 11) is -3.37. The first-order valence-corrected chi connectivity index (χ1v) is 7.73. The third-order valence-electron chi connectivity index (χ3n) is 2.38. The van der Waals surface area contributed by atoms with E-state index in [9.17, 15) is 8.42 Å². The molecule has 0 amide bonds. The maximum Gasteiger partial charge on any atom is 0.153 e. The van der Waals surface area contributed by atoms with Crippen LogP contribution in [0, 0.1) is 0 Å². The van der Waals surface area contributed by atoms with Crippen LogP contribution in [0.5, 0.6) is 5.75 Å². The Kier molecular flexibility index (Phi) is 6.07. The molecule has 19 heavy (non-hydrogen) atoms. The smallest absolute Gasteiger partial charge is 0.153 e. The molecule has 0 fully saturated rings. The minimum Gasteiger partial charge on any atom is -0.493 e. The lowest BCUT2D eigenvalue weighted by Crippen LogP contribution is -2.26. The number of benzene rings is 1. The average Bonchev–Trinajstić information content (AvgIpc) is 2.34. The van der Waals surface area contributed by atoms with E-state index < -0.39 is 28.3 Å². The molecule has 0 saturated carbocycles. The topological polar surface area (TPSA) is 110 Å². The summed E-state index contributed by atoms with van der Waals surface area (Å²) in [4.78, 5) is 0. The number of nitrogens with two attached hydrogens (primary N) is 1. The van der Waals surface area contributed by atoms with Gasteiger partial charge >= 0.3 is 0 Å².